The zero-order valence-corrected chi connectivity index (χ0v) is 8.75. The van der Waals surface area contributed by atoms with E-state index in [4.69, 9.17) is 0 Å². The first-order valence-corrected chi connectivity index (χ1v) is 4.68. The lowest BCUT2D eigenvalue weighted by atomic mass is 10.0. The number of nitrogens with one attached hydrogen (secondary N) is 1. The molecule has 0 aromatic rings. The highest BCUT2D eigenvalue weighted by Crippen LogP contribution is 2.34. The summed E-state index contributed by atoms with van der Waals surface area (Å²) in [6, 6.07) is 0. The average Bonchev–Trinajstić information content (AvgIpc) is 1.73. The minimum atomic E-state index is 0.253. The van der Waals surface area contributed by atoms with Gasteiger partial charge >= 0.3 is 0 Å². The Kier molecular flexibility index (Phi) is 1.89. The van der Waals surface area contributed by atoms with E-state index in [0.717, 1.165) is 0 Å². The fraction of sp³-hybridized carbons (Fsp3) is 1.00. The van der Waals surface area contributed by atoms with Crippen LogP contribution in [0, 0.1) is 0 Å². The van der Waals surface area contributed by atoms with Crippen molar-refractivity contribution in [2.75, 3.05) is 0 Å². The third-order valence-corrected chi connectivity index (χ3v) is 3.60. The van der Waals surface area contributed by atoms with E-state index in [2.05, 4.69) is 48.9 Å². The third-order valence-electron chi connectivity index (χ3n) is 2.13. The van der Waals surface area contributed by atoms with Crippen molar-refractivity contribution in [1.82, 2.24) is 5.32 Å². The second-order valence-corrected chi connectivity index (χ2v) is 5.51. The zero-order valence-electron chi connectivity index (χ0n) is 7.16. The Balaban J connectivity index is 2.71. The quantitative estimate of drug-likeness (QED) is 0.599. The van der Waals surface area contributed by atoms with E-state index in [0.29, 0.717) is 10.4 Å². The molecule has 0 spiro atoms. The summed E-state index contributed by atoms with van der Waals surface area (Å²) < 4.78 is 0. The largest absolute Gasteiger partial charge is 0.306 e. The molecule has 1 heterocycles. The van der Waals surface area contributed by atoms with Crippen molar-refractivity contribution in [3.8, 4) is 0 Å². The van der Waals surface area contributed by atoms with Crippen molar-refractivity contribution < 1.29 is 0 Å². The lowest BCUT2D eigenvalue weighted by Gasteiger charge is -2.25. The van der Waals surface area contributed by atoms with Crippen LogP contribution in [-0.4, -0.2) is 15.9 Å². The predicted octanol–water partition coefficient (Wildman–Crippen LogP) is 2.30. The van der Waals surface area contributed by atoms with E-state index in [1.54, 1.807) is 0 Å². The van der Waals surface area contributed by atoms with Gasteiger partial charge in [0, 0.05) is 15.9 Å². The van der Waals surface area contributed by atoms with Gasteiger partial charge in [-0.1, -0.05) is 15.9 Å². The van der Waals surface area contributed by atoms with Gasteiger partial charge in [-0.3, -0.25) is 0 Å². The number of rotatable bonds is 0. The maximum Gasteiger partial charge on any atom is 0.0340 e. The molecule has 0 radical (unpaired) electrons. The Morgan fingerprint density at radius 3 is 1.90 bits per heavy atom. The van der Waals surface area contributed by atoms with Crippen molar-refractivity contribution in [1.29, 1.82) is 0 Å². The maximum absolute atomic E-state index is 3.67. The molecule has 1 fully saturated rings. The van der Waals surface area contributed by atoms with Crippen molar-refractivity contribution in [3.63, 3.8) is 0 Å². The summed E-state index contributed by atoms with van der Waals surface area (Å²) in [6.07, 6.45) is 1.21. The average molecular weight is 206 g/mol. The Hall–Kier alpha value is 0.440. The minimum absolute atomic E-state index is 0.253. The highest BCUT2D eigenvalue weighted by Gasteiger charge is 2.42. The summed E-state index contributed by atoms with van der Waals surface area (Å²) in [5.41, 5.74) is 0.557. The van der Waals surface area contributed by atoms with Gasteiger partial charge < -0.3 is 5.32 Å². The summed E-state index contributed by atoms with van der Waals surface area (Å²) in [5.74, 6) is 0. The van der Waals surface area contributed by atoms with Gasteiger partial charge in [-0.05, 0) is 34.1 Å². The molecule has 1 aliphatic rings. The molecule has 1 unspecified atom stereocenters. The first-order chi connectivity index (χ1) is 4.33. The van der Waals surface area contributed by atoms with E-state index in [9.17, 15) is 0 Å². The minimum Gasteiger partial charge on any atom is -0.306 e. The number of hydrogen-bond donors (Lipinski definition) is 1. The van der Waals surface area contributed by atoms with Crippen LogP contribution >= 0.6 is 15.9 Å². The Morgan fingerprint density at radius 2 is 1.80 bits per heavy atom. The van der Waals surface area contributed by atoms with Crippen LogP contribution < -0.4 is 5.32 Å². The molecule has 1 rings (SSSR count). The molecule has 0 aromatic carbocycles. The zero-order chi connectivity index (χ0) is 7.99. The molecule has 1 aliphatic heterocycles. The van der Waals surface area contributed by atoms with Gasteiger partial charge in [0.05, 0.1) is 0 Å². The molecule has 10 heavy (non-hydrogen) atoms. The van der Waals surface area contributed by atoms with Gasteiger partial charge in [0.2, 0.25) is 0 Å². The van der Waals surface area contributed by atoms with Crippen molar-refractivity contribution in [2.45, 2.75) is 50.0 Å². The highest BCUT2D eigenvalue weighted by atomic mass is 79.9. The molecule has 0 saturated carbocycles. The third kappa shape index (κ3) is 1.54. The van der Waals surface area contributed by atoms with Gasteiger partial charge in [0.15, 0.2) is 0 Å². The topological polar surface area (TPSA) is 12.0 Å². The van der Waals surface area contributed by atoms with Crippen LogP contribution in [0.5, 0.6) is 0 Å². The van der Waals surface area contributed by atoms with Crippen molar-refractivity contribution in [2.24, 2.45) is 0 Å². The molecule has 2 heteroatoms. The number of hydrogen-bond acceptors (Lipinski definition) is 1. The van der Waals surface area contributed by atoms with E-state index >= 15 is 0 Å². The fourth-order valence-corrected chi connectivity index (χ4v) is 2.63. The van der Waals surface area contributed by atoms with Crippen LogP contribution in [0.3, 0.4) is 0 Å². The molecule has 0 aliphatic carbocycles. The first-order valence-electron chi connectivity index (χ1n) is 3.77. The van der Waals surface area contributed by atoms with E-state index in [1.807, 2.05) is 0 Å². The summed E-state index contributed by atoms with van der Waals surface area (Å²) >= 11 is 3.67. The SMILES string of the molecule is CC1(C)CC(Br)C(C)(C)N1. The van der Waals surface area contributed by atoms with E-state index in [-0.39, 0.29) is 5.54 Å². The monoisotopic (exact) mass is 205 g/mol. The molecule has 60 valence electrons. The van der Waals surface area contributed by atoms with Gasteiger partial charge in [-0.2, -0.15) is 0 Å². The van der Waals surface area contributed by atoms with Crippen LogP contribution in [0.1, 0.15) is 34.1 Å². The lowest BCUT2D eigenvalue weighted by Crippen LogP contribution is -2.45. The molecular weight excluding hydrogens is 190 g/mol. The Morgan fingerprint density at radius 1 is 1.30 bits per heavy atom. The number of halogens is 1. The van der Waals surface area contributed by atoms with Crippen LogP contribution in [-0.2, 0) is 0 Å². The molecule has 0 aromatic heterocycles. The Labute approximate surface area is 71.7 Å². The summed E-state index contributed by atoms with van der Waals surface area (Å²) in [5, 5.41) is 3.57. The summed E-state index contributed by atoms with van der Waals surface area (Å²) in [4.78, 5) is 0.606. The van der Waals surface area contributed by atoms with E-state index in [1.165, 1.54) is 6.42 Å². The maximum atomic E-state index is 3.67. The van der Waals surface area contributed by atoms with Gasteiger partial charge in [-0.25, -0.2) is 0 Å². The standard InChI is InChI=1S/C8H16BrN/c1-7(2)5-6(9)8(3,4)10-7/h6,10H,5H2,1-4H3. The van der Waals surface area contributed by atoms with Gasteiger partial charge in [-0.15, -0.1) is 0 Å². The van der Waals surface area contributed by atoms with Crippen molar-refractivity contribution >= 4 is 15.9 Å². The van der Waals surface area contributed by atoms with Gasteiger partial charge in [0.1, 0.15) is 0 Å². The smallest absolute Gasteiger partial charge is 0.0340 e. The molecular formula is C8H16BrN. The Bertz CT molecular complexity index is 140. The van der Waals surface area contributed by atoms with E-state index < -0.39 is 0 Å². The second-order valence-electron chi connectivity index (χ2n) is 4.40. The molecule has 1 saturated heterocycles. The summed E-state index contributed by atoms with van der Waals surface area (Å²) in [7, 11) is 0. The predicted molar refractivity (Wildman–Crippen MR) is 48.6 cm³/mol. The second kappa shape index (κ2) is 2.21. The highest BCUT2D eigenvalue weighted by molar-refractivity contribution is 9.09. The molecule has 0 bridgehead atoms. The molecule has 1 atom stereocenters. The van der Waals surface area contributed by atoms with Crippen LogP contribution in [0.2, 0.25) is 0 Å². The molecule has 1 N–H and O–H groups in total. The van der Waals surface area contributed by atoms with Crippen LogP contribution in [0.15, 0.2) is 0 Å². The molecule has 1 nitrogen and oxygen atoms in total. The first kappa shape index (κ1) is 8.54. The van der Waals surface area contributed by atoms with Gasteiger partial charge in [0.25, 0.3) is 0 Å². The normalized spacial score (nSPS) is 36.3. The number of alkyl halides is 1. The lowest BCUT2D eigenvalue weighted by molar-refractivity contribution is 0.372. The van der Waals surface area contributed by atoms with Crippen LogP contribution in [0.25, 0.3) is 0 Å². The van der Waals surface area contributed by atoms with Crippen molar-refractivity contribution in [3.05, 3.63) is 0 Å². The molecule has 0 amide bonds. The summed E-state index contributed by atoms with van der Waals surface area (Å²) in [6.45, 7) is 8.97. The fourth-order valence-electron chi connectivity index (χ4n) is 1.70. The van der Waals surface area contributed by atoms with Crippen LogP contribution in [0.4, 0.5) is 0 Å².